The van der Waals surface area contributed by atoms with Gasteiger partial charge in [0.05, 0.1) is 5.69 Å². The number of amides is 1. The molecule has 1 amide bonds. The summed E-state index contributed by atoms with van der Waals surface area (Å²) in [6.45, 7) is 7.59. The van der Waals surface area contributed by atoms with E-state index in [4.69, 9.17) is 5.10 Å². The highest BCUT2D eigenvalue weighted by molar-refractivity contribution is 5.79. The molecule has 1 N–H and O–H groups in total. The van der Waals surface area contributed by atoms with Crippen molar-refractivity contribution in [3.05, 3.63) is 47.9 Å². The Bertz CT molecular complexity index is 1140. The van der Waals surface area contributed by atoms with E-state index >= 15 is 0 Å². The minimum atomic E-state index is -0.263. The number of anilines is 1. The van der Waals surface area contributed by atoms with Crippen LogP contribution >= 0.6 is 0 Å². The van der Waals surface area contributed by atoms with E-state index in [0.717, 1.165) is 80.5 Å². The average molecular weight is 479 g/mol. The standard InChI is InChI=1S/C27H35FN6O/c1-20-18-26(34-25(30-20)19-24(31-34)21-6-8-23(28)9-7-21)33-15-10-22(11-16-33)27(35)29-12-17-32-13-4-2-3-5-14-32/h6-9,18-19,22H,2-5,10-17H2,1H3,(H,29,35). The van der Waals surface area contributed by atoms with Crippen molar-refractivity contribution in [3.63, 3.8) is 0 Å². The highest BCUT2D eigenvalue weighted by Gasteiger charge is 2.26. The third-order valence-corrected chi connectivity index (χ3v) is 7.29. The third-order valence-electron chi connectivity index (χ3n) is 7.29. The van der Waals surface area contributed by atoms with Crippen molar-refractivity contribution in [2.75, 3.05) is 44.2 Å². The number of rotatable bonds is 6. The first-order valence-corrected chi connectivity index (χ1v) is 13.0. The van der Waals surface area contributed by atoms with Gasteiger partial charge in [-0.1, -0.05) is 12.8 Å². The molecule has 2 aromatic heterocycles. The van der Waals surface area contributed by atoms with Crippen molar-refractivity contribution in [2.24, 2.45) is 5.92 Å². The number of fused-ring (bicyclic) bond motifs is 1. The molecule has 2 aliphatic rings. The summed E-state index contributed by atoms with van der Waals surface area (Å²) in [5, 5.41) is 7.97. The lowest BCUT2D eigenvalue weighted by atomic mass is 9.96. The van der Waals surface area contributed by atoms with E-state index in [9.17, 15) is 9.18 Å². The molecule has 0 radical (unpaired) electrons. The molecule has 4 heterocycles. The highest BCUT2D eigenvalue weighted by atomic mass is 19.1. The van der Waals surface area contributed by atoms with Gasteiger partial charge in [-0.15, -0.1) is 0 Å². The van der Waals surface area contributed by atoms with Crippen molar-refractivity contribution < 1.29 is 9.18 Å². The van der Waals surface area contributed by atoms with Crippen LogP contribution in [0.5, 0.6) is 0 Å². The number of likely N-dealkylation sites (tertiary alicyclic amines) is 1. The molecule has 0 unspecified atom stereocenters. The van der Waals surface area contributed by atoms with Crippen molar-refractivity contribution in [1.29, 1.82) is 0 Å². The van der Waals surface area contributed by atoms with E-state index in [-0.39, 0.29) is 17.6 Å². The summed E-state index contributed by atoms with van der Waals surface area (Å²) in [6, 6.07) is 10.4. The van der Waals surface area contributed by atoms with E-state index in [0.29, 0.717) is 0 Å². The van der Waals surface area contributed by atoms with Gasteiger partial charge in [0.2, 0.25) is 5.91 Å². The Morgan fingerprint density at radius 3 is 2.46 bits per heavy atom. The fraction of sp³-hybridized carbons (Fsp3) is 0.519. The van der Waals surface area contributed by atoms with Crippen LogP contribution in [0.1, 0.15) is 44.2 Å². The zero-order valence-electron chi connectivity index (χ0n) is 20.5. The van der Waals surface area contributed by atoms with Gasteiger partial charge in [-0.2, -0.15) is 9.61 Å². The molecule has 8 heteroatoms. The molecule has 35 heavy (non-hydrogen) atoms. The predicted molar refractivity (Wildman–Crippen MR) is 136 cm³/mol. The number of carbonyl (C=O) groups is 1. The fourth-order valence-electron chi connectivity index (χ4n) is 5.28. The lowest BCUT2D eigenvalue weighted by molar-refractivity contribution is -0.125. The number of nitrogens with one attached hydrogen (secondary N) is 1. The predicted octanol–water partition coefficient (Wildman–Crippen LogP) is 4.05. The molecule has 1 aromatic carbocycles. The summed E-state index contributed by atoms with van der Waals surface area (Å²) in [4.78, 5) is 22.2. The molecule has 7 nitrogen and oxygen atoms in total. The van der Waals surface area contributed by atoms with E-state index in [1.165, 1.54) is 37.8 Å². The molecule has 2 aliphatic heterocycles. The van der Waals surface area contributed by atoms with Gasteiger partial charge < -0.3 is 15.1 Å². The molecule has 186 valence electrons. The average Bonchev–Trinajstić information content (AvgIpc) is 3.11. The monoisotopic (exact) mass is 478 g/mol. The second-order valence-electron chi connectivity index (χ2n) is 9.87. The Kier molecular flexibility index (Phi) is 7.27. The number of carbonyl (C=O) groups excluding carboxylic acids is 1. The Hall–Kier alpha value is -3.00. The van der Waals surface area contributed by atoms with Gasteiger partial charge in [-0.3, -0.25) is 4.79 Å². The van der Waals surface area contributed by atoms with Crippen LogP contribution in [0.25, 0.3) is 16.9 Å². The lowest BCUT2D eigenvalue weighted by Crippen LogP contribution is -2.43. The van der Waals surface area contributed by atoms with Crippen LogP contribution in [0.4, 0.5) is 10.2 Å². The minimum absolute atomic E-state index is 0.0567. The quantitative estimate of drug-likeness (QED) is 0.579. The summed E-state index contributed by atoms with van der Waals surface area (Å²) in [5.74, 6) is 0.969. The summed E-state index contributed by atoms with van der Waals surface area (Å²) >= 11 is 0. The normalized spacial score (nSPS) is 18.1. The second kappa shape index (κ2) is 10.7. The van der Waals surface area contributed by atoms with Crippen LogP contribution in [0.15, 0.2) is 36.4 Å². The van der Waals surface area contributed by atoms with Gasteiger partial charge >= 0.3 is 0 Å². The number of hydrogen-bond acceptors (Lipinski definition) is 5. The highest BCUT2D eigenvalue weighted by Crippen LogP contribution is 2.27. The maximum absolute atomic E-state index is 13.3. The smallest absolute Gasteiger partial charge is 0.223 e. The van der Waals surface area contributed by atoms with E-state index in [1.54, 1.807) is 12.1 Å². The number of aryl methyl sites for hydroxylation is 1. The van der Waals surface area contributed by atoms with Gasteiger partial charge in [-0.25, -0.2) is 9.37 Å². The van der Waals surface area contributed by atoms with E-state index in [1.807, 2.05) is 17.5 Å². The van der Waals surface area contributed by atoms with Crippen LogP contribution < -0.4 is 10.2 Å². The first kappa shape index (κ1) is 23.7. The van der Waals surface area contributed by atoms with Crippen molar-refractivity contribution in [1.82, 2.24) is 24.8 Å². The molecule has 2 fully saturated rings. The first-order chi connectivity index (χ1) is 17.1. The maximum Gasteiger partial charge on any atom is 0.223 e. The van der Waals surface area contributed by atoms with Crippen LogP contribution in [0, 0.1) is 18.7 Å². The van der Waals surface area contributed by atoms with Gasteiger partial charge in [0.25, 0.3) is 0 Å². The largest absolute Gasteiger partial charge is 0.356 e. The van der Waals surface area contributed by atoms with Crippen LogP contribution in [-0.2, 0) is 4.79 Å². The van der Waals surface area contributed by atoms with Crippen molar-refractivity contribution >= 4 is 17.4 Å². The van der Waals surface area contributed by atoms with Gasteiger partial charge in [0, 0.05) is 55.5 Å². The maximum atomic E-state index is 13.3. The number of nitrogens with zero attached hydrogens (tertiary/aromatic N) is 5. The molecule has 0 bridgehead atoms. The molecule has 0 saturated carbocycles. The first-order valence-electron chi connectivity index (χ1n) is 13.0. The number of piperidine rings is 1. The molecule has 0 aliphatic carbocycles. The summed E-state index contributed by atoms with van der Waals surface area (Å²) in [5.41, 5.74) is 3.32. The summed E-state index contributed by atoms with van der Waals surface area (Å²) in [6.07, 6.45) is 6.86. The molecular formula is C27H35FN6O. The minimum Gasteiger partial charge on any atom is -0.356 e. The van der Waals surface area contributed by atoms with Gasteiger partial charge in [-0.05, 0) is 70.0 Å². The molecule has 0 atom stereocenters. The van der Waals surface area contributed by atoms with Crippen LogP contribution in [-0.4, -0.2) is 64.7 Å². The second-order valence-corrected chi connectivity index (χ2v) is 9.87. The Labute approximate surface area is 206 Å². The Morgan fingerprint density at radius 1 is 1.03 bits per heavy atom. The van der Waals surface area contributed by atoms with Crippen molar-refractivity contribution in [3.8, 4) is 11.3 Å². The summed E-state index contributed by atoms with van der Waals surface area (Å²) < 4.78 is 15.2. The molecule has 3 aromatic rings. The van der Waals surface area contributed by atoms with E-state index < -0.39 is 0 Å². The molecular weight excluding hydrogens is 443 g/mol. The zero-order chi connectivity index (χ0) is 24.2. The Balaban J connectivity index is 1.21. The lowest BCUT2D eigenvalue weighted by Gasteiger charge is -2.33. The topological polar surface area (TPSA) is 65.8 Å². The van der Waals surface area contributed by atoms with Crippen molar-refractivity contribution in [2.45, 2.75) is 45.4 Å². The number of halogens is 1. The molecule has 0 spiro atoms. The van der Waals surface area contributed by atoms with E-state index in [2.05, 4.69) is 26.2 Å². The number of benzene rings is 1. The van der Waals surface area contributed by atoms with Gasteiger partial charge in [0.1, 0.15) is 11.6 Å². The molecule has 5 rings (SSSR count). The SMILES string of the molecule is Cc1cc(N2CCC(C(=O)NCCN3CCCCCC3)CC2)n2nc(-c3ccc(F)cc3)cc2n1. The third kappa shape index (κ3) is 5.64. The van der Waals surface area contributed by atoms with Gasteiger partial charge in [0.15, 0.2) is 5.65 Å². The fourth-order valence-corrected chi connectivity index (χ4v) is 5.28. The number of aromatic nitrogens is 3. The molecule has 2 saturated heterocycles. The summed E-state index contributed by atoms with van der Waals surface area (Å²) in [7, 11) is 0. The Morgan fingerprint density at radius 2 is 1.74 bits per heavy atom. The zero-order valence-corrected chi connectivity index (χ0v) is 20.5. The number of hydrogen-bond donors (Lipinski definition) is 1. The van der Waals surface area contributed by atoms with Crippen LogP contribution in [0.2, 0.25) is 0 Å². The van der Waals surface area contributed by atoms with Crippen LogP contribution in [0.3, 0.4) is 0 Å².